The van der Waals surface area contributed by atoms with Gasteiger partial charge in [0.05, 0.1) is 5.39 Å². The molecule has 7 heteroatoms. The zero-order valence-electron chi connectivity index (χ0n) is 12.9. The molecule has 0 fully saturated rings. The number of nitrogens with one attached hydrogen (secondary N) is 2. The van der Waals surface area contributed by atoms with Gasteiger partial charge in [0, 0.05) is 24.3 Å². The van der Waals surface area contributed by atoms with Crippen LogP contribution >= 0.6 is 0 Å². The van der Waals surface area contributed by atoms with Gasteiger partial charge in [-0.2, -0.15) is 4.98 Å². The Morgan fingerprint density at radius 2 is 1.72 bits per heavy atom. The average Bonchev–Trinajstić information content (AvgIpc) is 2.64. The predicted octanol–water partition coefficient (Wildman–Crippen LogP) is 3.26. The molecule has 0 aliphatic carbocycles. The molecule has 3 aromatic heterocycles. The Bertz CT molecular complexity index is 1090. The van der Waals surface area contributed by atoms with Gasteiger partial charge in [0.1, 0.15) is 5.82 Å². The van der Waals surface area contributed by atoms with Crippen LogP contribution < -0.4 is 10.9 Å². The van der Waals surface area contributed by atoms with Crippen LogP contribution in [-0.4, -0.2) is 19.9 Å². The van der Waals surface area contributed by atoms with Gasteiger partial charge in [-0.3, -0.25) is 14.8 Å². The van der Waals surface area contributed by atoms with Crippen LogP contribution in [0.2, 0.25) is 0 Å². The molecular weight excluding hydrogens is 321 g/mol. The highest BCUT2D eigenvalue weighted by Crippen LogP contribution is 2.24. The summed E-state index contributed by atoms with van der Waals surface area (Å²) in [4.78, 5) is 27.8. The molecule has 1 aromatic carbocycles. The second-order valence-corrected chi connectivity index (χ2v) is 5.34. The number of aromatic nitrogens is 4. The molecule has 0 spiro atoms. The largest absolute Gasteiger partial charge is 0.326 e. The summed E-state index contributed by atoms with van der Waals surface area (Å²) >= 11 is 0. The van der Waals surface area contributed by atoms with E-state index in [0.717, 1.165) is 11.1 Å². The van der Waals surface area contributed by atoms with E-state index < -0.39 is 0 Å². The first-order chi connectivity index (χ1) is 12.2. The third-order valence-electron chi connectivity index (χ3n) is 3.71. The number of hydrogen-bond acceptors (Lipinski definition) is 5. The van der Waals surface area contributed by atoms with Crippen LogP contribution in [0.15, 0.2) is 65.8 Å². The summed E-state index contributed by atoms with van der Waals surface area (Å²) in [5.41, 5.74) is 2.20. The number of hydrogen-bond donors (Lipinski definition) is 2. The molecule has 0 aliphatic heterocycles. The van der Waals surface area contributed by atoms with Gasteiger partial charge in [-0.15, -0.1) is 0 Å². The molecule has 0 unspecified atom stereocenters. The molecule has 0 saturated heterocycles. The zero-order chi connectivity index (χ0) is 17.2. The Balaban J connectivity index is 1.81. The summed E-state index contributed by atoms with van der Waals surface area (Å²) in [7, 11) is 0. The molecule has 0 radical (unpaired) electrons. The van der Waals surface area contributed by atoms with E-state index in [1.54, 1.807) is 36.8 Å². The third-order valence-corrected chi connectivity index (χ3v) is 3.71. The van der Waals surface area contributed by atoms with E-state index in [1.165, 1.54) is 12.1 Å². The maximum atomic E-state index is 13.0. The summed E-state index contributed by atoms with van der Waals surface area (Å²) in [6.45, 7) is 0. The Hall–Kier alpha value is -3.61. The number of pyridine rings is 2. The molecule has 4 rings (SSSR count). The maximum Gasteiger partial charge on any atom is 0.262 e. The fraction of sp³-hybridized carbons (Fsp3) is 0. The van der Waals surface area contributed by atoms with Crippen molar-refractivity contribution in [3.8, 4) is 11.1 Å². The second kappa shape index (κ2) is 6.12. The highest BCUT2D eigenvalue weighted by molar-refractivity contribution is 5.92. The van der Waals surface area contributed by atoms with E-state index in [0.29, 0.717) is 16.7 Å². The van der Waals surface area contributed by atoms with Crippen LogP contribution in [0.25, 0.3) is 22.2 Å². The number of benzene rings is 1. The summed E-state index contributed by atoms with van der Waals surface area (Å²) in [6, 6.07) is 11.2. The van der Waals surface area contributed by atoms with E-state index in [1.807, 2.05) is 12.1 Å². The molecule has 0 amide bonds. The lowest BCUT2D eigenvalue weighted by Crippen LogP contribution is -2.13. The summed E-state index contributed by atoms with van der Waals surface area (Å²) in [5, 5.41) is 3.34. The number of rotatable bonds is 3. The lowest BCUT2D eigenvalue weighted by Gasteiger charge is -2.08. The van der Waals surface area contributed by atoms with E-state index in [-0.39, 0.29) is 17.3 Å². The second-order valence-electron chi connectivity index (χ2n) is 5.34. The number of H-pyrrole nitrogens is 1. The van der Waals surface area contributed by atoms with Crippen LogP contribution in [-0.2, 0) is 0 Å². The highest BCUT2D eigenvalue weighted by atomic mass is 19.1. The van der Waals surface area contributed by atoms with Gasteiger partial charge in [0.25, 0.3) is 5.56 Å². The monoisotopic (exact) mass is 333 g/mol. The summed E-state index contributed by atoms with van der Waals surface area (Å²) < 4.78 is 13.0. The van der Waals surface area contributed by atoms with Crippen molar-refractivity contribution < 1.29 is 4.39 Å². The van der Waals surface area contributed by atoms with Crippen molar-refractivity contribution >= 4 is 22.7 Å². The Morgan fingerprint density at radius 1 is 0.960 bits per heavy atom. The van der Waals surface area contributed by atoms with Gasteiger partial charge in [-0.25, -0.2) is 9.37 Å². The molecule has 0 saturated carbocycles. The molecule has 3 heterocycles. The molecule has 0 aliphatic rings. The van der Waals surface area contributed by atoms with Gasteiger partial charge in [0.2, 0.25) is 5.95 Å². The van der Waals surface area contributed by atoms with Crippen LogP contribution in [0, 0.1) is 5.82 Å². The minimum absolute atomic E-state index is 0.239. The van der Waals surface area contributed by atoms with Crippen LogP contribution in [0.3, 0.4) is 0 Å². The van der Waals surface area contributed by atoms with Crippen molar-refractivity contribution in [3.63, 3.8) is 0 Å². The van der Waals surface area contributed by atoms with E-state index >= 15 is 0 Å². The van der Waals surface area contributed by atoms with Gasteiger partial charge in [-0.1, -0.05) is 0 Å². The van der Waals surface area contributed by atoms with Crippen molar-refractivity contribution in [1.29, 1.82) is 0 Å². The normalized spacial score (nSPS) is 10.8. The summed E-state index contributed by atoms with van der Waals surface area (Å²) in [5.74, 6) is -0.0994. The van der Waals surface area contributed by atoms with Gasteiger partial charge >= 0.3 is 0 Å². The molecular formula is C18H12FN5O. The molecule has 0 atom stereocenters. The number of fused-ring (bicyclic) bond motifs is 1. The predicted molar refractivity (Wildman–Crippen MR) is 93.1 cm³/mol. The zero-order valence-corrected chi connectivity index (χ0v) is 12.9. The lowest BCUT2D eigenvalue weighted by atomic mass is 10.1. The molecule has 2 N–H and O–H groups in total. The van der Waals surface area contributed by atoms with Crippen molar-refractivity contribution in [1.82, 2.24) is 19.9 Å². The van der Waals surface area contributed by atoms with Crippen LogP contribution in [0.4, 0.5) is 16.0 Å². The van der Waals surface area contributed by atoms with Gasteiger partial charge in [-0.05, 0) is 53.6 Å². The quantitative estimate of drug-likeness (QED) is 0.601. The van der Waals surface area contributed by atoms with Crippen LogP contribution in [0.5, 0.6) is 0 Å². The van der Waals surface area contributed by atoms with E-state index in [4.69, 9.17) is 0 Å². The lowest BCUT2D eigenvalue weighted by molar-refractivity contribution is 0.628. The van der Waals surface area contributed by atoms with E-state index in [2.05, 4.69) is 25.3 Å². The highest BCUT2D eigenvalue weighted by Gasteiger charge is 2.11. The summed E-state index contributed by atoms with van der Waals surface area (Å²) in [6.07, 6.45) is 4.92. The van der Waals surface area contributed by atoms with Gasteiger partial charge < -0.3 is 5.32 Å². The maximum absolute atomic E-state index is 13.0. The van der Waals surface area contributed by atoms with Crippen molar-refractivity contribution in [2.75, 3.05) is 5.32 Å². The van der Waals surface area contributed by atoms with Gasteiger partial charge in [0.15, 0.2) is 5.65 Å². The standard InChI is InChI=1S/C18H12FN5O/c19-12-1-3-13(4-2-12)22-18-23-16-15(17(25)24-18)14(7-10-21-16)11-5-8-20-9-6-11/h1-10H,(H2,21,22,23,24,25). The minimum atomic E-state index is -0.339. The minimum Gasteiger partial charge on any atom is -0.326 e. The Labute approximate surface area is 141 Å². The first kappa shape index (κ1) is 14.9. The topological polar surface area (TPSA) is 83.6 Å². The van der Waals surface area contributed by atoms with Crippen molar-refractivity contribution in [2.24, 2.45) is 0 Å². The molecule has 25 heavy (non-hydrogen) atoms. The number of aromatic amines is 1. The first-order valence-corrected chi connectivity index (χ1v) is 7.53. The number of anilines is 2. The first-order valence-electron chi connectivity index (χ1n) is 7.53. The Kier molecular flexibility index (Phi) is 3.66. The van der Waals surface area contributed by atoms with Crippen LogP contribution in [0.1, 0.15) is 0 Å². The van der Waals surface area contributed by atoms with E-state index in [9.17, 15) is 9.18 Å². The molecule has 122 valence electrons. The molecule has 4 aromatic rings. The smallest absolute Gasteiger partial charge is 0.262 e. The number of nitrogens with zero attached hydrogens (tertiary/aromatic N) is 3. The third kappa shape index (κ3) is 2.94. The molecule has 6 nitrogen and oxygen atoms in total. The molecule has 0 bridgehead atoms. The van der Waals surface area contributed by atoms with Crippen molar-refractivity contribution in [3.05, 3.63) is 77.2 Å². The van der Waals surface area contributed by atoms with Crippen molar-refractivity contribution in [2.45, 2.75) is 0 Å². The average molecular weight is 333 g/mol. The Morgan fingerprint density at radius 3 is 2.48 bits per heavy atom. The fourth-order valence-corrected chi connectivity index (χ4v) is 2.56. The number of halogens is 1. The SMILES string of the molecule is O=c1[nH]c(Nc2ccc(F)cc2)nc2nccc(-c3ccncc3)c12. The fourth-order valence-electron chi connectivity index (χ4n) is 2.56.